The van der Waals surface area contributed by atoms with Gasteiger partial charge in [0.1, 0.15) is 6.61 Å². The van der Waals surface area contributed by atoms with E-state index < -0.39 is 35.5 Å². The molecular weight excluding hydrogens is 372 g/mol. The third kappa shape index (κ3) is 5.24. The minimum absolute atomic E-state index is 0.0219. The molecule has 0 aliphatic rings. The minimum Gasteiger partial charge on any atom is -0.493 e. The largest absolute Gasteiger partial charge is 0.493 e. The third-order valence-electron chi connectivity index (χ3n) is 3.07. The minimum atomic E-state index is -3.17. The van der Waals surface area contributed by atoms with Crippen molar-refractivity contribution in [2.45, 2.75) is 13.2 Å². The molecular formula is C16H13F2NO6S. The molecule has 10 heteroatoms. The van der Waals surface area contributed by atoms with Gasteiger partial charge < -0.3 is 14.2 Å². The summed E-state index contributed by atoms with van der Waals surface area (Å²) in [5.74, 6) is -1.34. The Balaban J connectivity index is 2.16. The van der Waals surface area contributed by atoms with Crippen molar-refractivity contribution in [1.82, 2.24) is 0 Å². The van der Waals surface area contributed by atoms with E-state index in [2.05, 4.69) is 4.74 Å². The van der Waals surface area contributed by atoms with Crippen molar-refractivity contribution in [3.63, 3.8) is 0 Å². The number of methoxy groups -OCH3 is 1. The first-order valence-corrected chi connectivity index (χ1v) is 7.97. The number of hydrogen-bond donors (Lipinski definition) is 0. The molecule has 1 heterocycles. The topological polar surface area (TPSA) is 87.9 Å². The predicted molar refractivity (Wildman–Crippen MR) is 89.4 cm³/mol. The maximum Gasteiger partial charge on any atom is 0.387 e. The Morgan fingerprint density at radius 2 is 2.15 bits per heavy atom. The van der Waals surface area contributed by atoms with Crippen LogP contribution in [-0.4, -0.2) is 24.6 Å². The molecule has 0 spiro atoms. The number of carbonyl (C=O) groups is 1. The first-order chi connectivity index (χ1) is 12.4. The number of carbonyl (C=O) groups excluding carboxylic acids is 1. The second-order valence-electron chi connectivity index (χ2n) is 4.72. The number of thiophene rings is 1. The number of nitro groups is 1. The zero-order valence-corrected chi connectivity index (χ0v) is 14.2. The molecule has 0 aliphatic heterocycles. The Kier molecular flexibility index (Phi) is 6.61. The molecule has 2 aromatic rings. The van der Waals surface area contributed by atoms with Crippen molar-refractivity contribution in [2.75, 3.05) is 7.11 Å². The number of hydrogen-bond acceptors (Lipinski definition) is 7. The smallest absolute Gasteiger partial charge is 0.387 e. The Morgan fingerprint density at radius 3 is 2.73 bits per heavy atom. The third-order valence-corrected chi connectivity index (χ3v) is 3.91. The maximum atomic E-state index is 12.4. The van der Waals surface area contributed by atoms with Crippen LogP contribution >= 0.6 is 11.3 Å². The summed E-state index contributed by atoms with van der Waals surface area (Å²) < 4.78 is 38.9. The molecule has 0 radical (unpaired) electrons. The molecule has 0 bridgehead atoms. The zero-order chi connectivity index (χ0) is 19.1. The normalized spacial score (nSPS) is 10.9. The lowest BCUT2D eigenvalue weighted by Gasteiger charge is -2.12. The van der Waals surface area contributed by atoms with Crippen molar-refractivity contribution < 1.29 is 32.7 Å². The molecule has 1 aromatic carbocycles. The van der Waals surface area contributed by atoms with E-state index in [1.165, 1.54) is 24.5 Å². The van der Waals surface area contributed by atoms with Crippen LogP contribution in [-0.2, 0) is 16.1 Å². The van der Waals surface area contributed by atoms with E-state index in [0.717, 1.165) is 17.0 Å². The number of rotatable bonds is 8. The molecule has 1 aromatic heterocycles. The summed E-state index contributed by atoms with van der Waals surface area (Å²) in [5, 5.41) is 13.0. The van der Waals surface area contributed by atoms with E-state index in [0.29, 0.717) is 0 Å². The Hall–Kier alpha value is -3.01. The fourth-order valence-corrected chi connectivity index (χ4v) is 2.58. The number of benzene rings is 1. The van der Waals surface area contributed by atoms with E-state index in [-0.39, 0.29) is 11.3 Å². The Bertz CT molecular complexity index is 807. The summed E-state index contributed by atoms with van der Waals surface area (Å²) in [6, 6.07) is 5.53. The highest BCUT2D eigenvalue weighted by Gasteiger charge is 2.22. The Morgan fingerprint density at radius 1 is 1.38 bits per heavy atom. The lowest BCUT2D eigenvalue weighted by molar-refractivity contribution is -0.386. The van der Waals surface area contributed by atoms with Crippen LogP contribution in [0.3, 0.4) is 0 Å². The zero-order valence-electron chi connectivity index (χ0n) is 13.4. The van der Waals surface area contributed by atoms with Crippen LogP contribution in [0.4, 0.5) is 14.5 Å². The molecule has 7 nitrogen and oxygen atoms in total. The molecule has 138 valence electrons. The molecule has 0 N–H and O–H groups in total. The van der Waals surface area contributed by atoms with Gasteiger partial charge in [0.15, 0.2) is 11.5 Å². The second-order valence-corrected chi connectivity index (χ2v) is 5.70. The van der Waals surface area contributed by atoms with Crippen LogP contribution in [0, 0.1) is 10.1 Å². The first kappa shape index (κ1) is 19.3. The van der Waals surface area contributed by atoms with E-state index in [4.69, 9.17) is 9.47 Å². The van der Waals surface area contributed by atoms with Gasteiger partial charge >= 0.3 is 12.6 Å². The van der Waals surface area contributed by atoms with E-state index in [9.17, 15) is 23.7 Å². The lowest BCUT2D eigenvalue weighted by Crippen LogP contribution is -2.07. The van der Waals surface area contributed by atoms with Crippen LogP contribution in [0.1, 0.15) is 10.4 Å². The van der Waals surface area contributed by atoms with Crippen LogP contribution in [0.25, 0.3) is 6.08 Å². The lowest BCUT2D eigenvalue weighted by atomic mass is 10.1. The molecule has 0 saturated carbocycles. The van der Waals surface area contributed by atoms with Crippen molar-refractivity contribution in [1.29, 1.82) is 0 Å². The maximum absolute atomic E-state index is 12.4. The van der Waals surface area contributed by atoms with Gasteiger partial charge in [0, 0.05) is 11.0 Å². The average Bonchev–Trinajstić information content (AvgIpc) is 3.11. The molecule has 0 aliphatic carbocycles. The number of alkyl halides is 2. The number of nitrogens with zero attached hydrogens (tertiary/aromatic N) is 1. The van der Waals surface area contributed by atoms with E-state index in [1.54, 1.807) is 12.1 Å². The van der Waals surface area contributed by atoms with Crippen LogP contribution in [0.5, 0.6) is 11.5 Å². The van der Waals surface area contributed by atoms with Gasteiger partial charge in [0.2, 0.25) is 0 Å². The summed E-state index contributed by atoms with van der Waals surface area (Å²) in [7, 11) is 1.19. The molecule has 0 saturated heterocycles. The monoisotopic (exact) mass is 385 g/mol. The van der Waals surface area contributed by atoms with Gasteiger partial charge in [0.25, 0.3) is 5.69 Å². The van der Waals surface area contributed by atoms with Gasteiger partial charge in [-0.05, 0) is 23.6 Å². The van der Waals surface area contributed by atoms with Crippen LogP contribution in [0.15, 0.2) is 35.7 Å². The molecule has 0 fully saturated rings. The average molecular weight is 385 g/mol. The molecule has 0 amide bonds. The van der Waals surface area contributed by atoms with Gasteiger partial charge in [-0.1, -0.05) is 6.07 Å². The summed E-state index contributed by atoms with van der Waals surface area (Å²) in [6.45, 7) is -3.61. The summed E-state index contributed by atoms with van der Waals surface area (Å²) in [6.07, 6.45) is 2.73. The van der Waals surface area contributed by atoms with Crippen molar-refractivity contribution in [3.05, 3.63) is 56.3 Å². The van der Waals surface area contributed by atoms with E-state index in [1.807, 2.05) is 11.4 Å². The molecule has 0 atom stereocenters. The van der Waals surface area contributed by atoms with Gasteiger partial charge in [0.05, 0.1) is 23.7 Å². The van der Waals surface area contributed by atoms with Crippen LogP contribution in [0.2, 0.25) is 0 Å². The number of ether oxygens (including phenoxy) is 3. The quantitative estimate of drug-likeness (QED) is 0.295. The van der Waals surface area contributed by atoms with Crippen molar-refractivity contribution >= 4 is 29.1 Å². The number of halogens is 2. The van der Waals surface area contributed by atoms with Crippen molar-refractivity contribution in [3.8, 4) is 11.5 Å². The number of nitro benzene ring substituents is 1. The second kappa shape index (κ2) is 8.90. The van der Waals surface area contributed by atoms with Gasteiger partial charge in [-0.25, -0.2) is 4.79 Å². The fourth-order valence-electron chi connectivity index (χ4n) is 1.96. The van der Waals surface area contributed by atoms with Crippen molar-refractivity contribution in [2.24, 2.45) is 0 Å². The SMILES string of the molecule is COc1cc(COC(=O)/C=C/c2cccs2)c([N+](=O)[O-])cc1OC(F)F. The molecule has 26 heavy (non-hydrogen) atoms. The standard InChI is InChI=1S/C16H13F2NO6S/c1-23-13-7-10(12(19(21)22)8-14(13)25-16(17)18)9-24-15(20)5-4-11-3-2-6-26-11/h2-8,16H,9H2,1H3/b5-4+. The molecule has 2 rings (SSSR count). The van der Waals surface area contributed by atoms with Gasteiger partial charge in [-0.2, -0.15) is 8.78 Å². The van der Waals surface area contributed by atoms with E-state index >= 15 is 0 Å². The number of esters is 1. The predicted octanol–water partition coefficient (Wildman–Crippen LogP) is 4.02. The summed E-state index contributed by atoms with van der Waals surface area (Å²) in [4.78, 5) is 22.9. The summed E-state index contributed by atoms with van der Waals surface area (Å²) >= 11 is 1.42. The first-order valence-electron chi connectivity index (χ1n) is 7.09. The Labute approximate surface area is 150 Å². The summed E-state index contributed by atoms with van der Waals surface area (Å²) in [5.41, 5.74) is -0.553. The fraction of sp³-hybridized carbons (Fsp3) is 0.188. The van der Waals surface area contributed by atoms with Crippen LogP contribution < -0.4 is 9.47 Å². The molecule has 0 unspecified atom stereocenters. The highest BCUT2D eigenvalue weighted by atomic mass is 32.1. The highest BCUT2D eigenvalue weighted by molar-refractivity contribution is 7.10. The van der Waals surface area contributed by atoms with Gasteiger partial charge in [-0.15, -0.1) is 11.3 Å². The highest BCUT2D eigenvalue weighted by Crippen LogP contribution is 2.36. The van der Waals surface area contributed by atoms with Gasteiger partial charge in [-0.3, -0.25) is 10.1 Å².